The van der Waals surface area contributed by atoms with Crippen LogP contribution in [0, 0.1) is 5.92 Å². The first-order valence-corrected chi connectivity index (χ1v) is 11.2. The lowest BCUT2D eigenvalue weighted by Crippen LogP contribution is -2.14. The third-order valence-electron chi connectivity index (χ3n) is 5.71. The summed E-state index contributed by atoms with van der Waals surface area (Å²) in [6.07, 6.45) is 14.3. The molecule has 1 aliphatic rings. The molecule has 148 valence electrons. The minimum atomic E-state index is 0.638. The molecule has 0 atom stereocenters. The zero-order valence-electron chi connectivity index (χ0n) is 17.4. The van der Waals surface area contributed by atoms with Gasteiger partial charge >= 0.3 is 0 Å². The van der Waals surface area contributed by atoms with Crippen LogP contribution in [0.3, 0.4) is 0 Å². The minimum Gasteiger partial charge on any atom is -0.494 e. The molecule has 1 fully saturated rings. The molecule has 0 amide bonds. The number of ether oxygens (including phenoxy) is 2. The average Bonchev–Trinajstić information content (AvgIpc) is 2.68. The van der Waals surface area contributed by atoms with Crippen molar-refractivity contribution in [1.29, 1.82) is 0 Å². The van der Waals surface area contributed by atoms with E-state index < -0.39 is 0 Å². The Bertz CT molecular complexity index is 489. The van der Waals surface area contributed by atoms with Crippen molar-refractivity contribution in [2.45, 2.75) is 97.3 Å². The maximum atomic E-state index is 6.07. The van der Waals surface area contributed by atoms with Crippen molar-refractivity contribution >= 4 is 0 Å². The third-order valence-corrected chi connectivity index (χ3v) is 5.71. The van der Waals surface area contributed by atoms with Gasteiger partial charge in [0.25, 0.3) is 0 Å². The van der Waals surface area contributed by atoms with Crippen LogP contribution < -0.4 is 9.47 Å². The number of benzene rings is 1. The Labute approximate surface area is 161 Å². The predicted octanol–water partition coefficient (Wildman–Crippen LogP) is 7.51. The maximum Gasteiger partial charge on any atom is 0.123 e. The molecule has 0 aromatic heterocycles. The summed E-state index contributed by atoms with van der Waals surface area (Å²) in [6, 6.07) is 6.49. The molecule has 26 heavy (non-hydrogen) atoms. The van der Waals surface area contributed by atoms with E-state index in [1.165, 1.54) is 63.4 Å². The Morgan fingerprint density at radius 1 is 0.808 bits per heavy atom. The van der Waals surface area contributed by atoms with Gasteiger partial charge in [0.15, 0.2) is 0 Å². The van der Waals surface area contributed by atoms with Crippen molar-refractivity contribution in [3.63, 3.8) is 0 Å². The Kier molecular flexibility index (Phi) is 9.95. The molecular weight excluding hydrogens is 320 g/mol. The molecule has 0 unspecified atom stereocenters. The van der Waals surface area contributed by atoms with Crippen molar-refractivity contribution in [1.82, 2.24) is 0 Å². The summed E-state index contributed by atoms with van der Waals surface area (Å²) in [4.78, 5) is 0. The van der Waals surface area contributed by atoms with Crippen LogP contribution in [0.1, 0.15) is 103 Å². The first-order valence-electron chi connectivity index (χ1n) is 11.2. The molecule has 0 heterocycles. The molecule has 1 saturated carbocycles. The Balaban J connectivity index is 1.99. The van der Waals surface area contributed by atoms with Crippen LogP contribution in [-0.4, -0.2) is 13.2 Å². The third kappa shape index (κ3) is 6.85. The van der Waals surface area contributed by atoms with Gasteiger partial charge in [-0.1, -0.05) is 52.9 Å². The number of hydrogen-bond acceptors (Lipinski definition) is 2. The fourth-order valence-corrected chi connectivity index (χ4v) is 4.06. The molecule has 2 heteroatoms. The Hall–Kier alpha value is -1.18. The van der Waals surface area contributed by atoms with E-state index in [0.717, 1.165) is 43.5 Å². The van der Waals surface area contributed by atoms with E-state index in [0.29, 0.717) is 5.92 Å². The van der Waals surface area contributed by atoms with Crippen LogP contribution in [0.4, 0.5) is 0 Å². The van der Waals surface area contributed by atoms with Crippen LogP contribution in [0.15, 0.2) is 18.2 Å². The van der Waals surface area contributed by atoms with E-state index in [9.17, 15) is 0 Å². The largest absolute Gasteiger partial charge is 0.494 e. The van der Waals surface area contributed by atoms with Crippen LogP contribution in [0.5, 0.6) is 11.5 Å². The van der Waals surface area contributed by atoms with Crippen molar-refractivity contribution < 1.29 is 9.47 Å². The smallest absolute Gasteiger partial charge is 0.123 e. The lowest BCUT2D eigenvalue weighted by molar-refractivity contribution is 0.280. The Morgan fingerprint density at radius 2 is 1.58 bits per heavy atom. The highest BCUT2D eigenvalue weighted by Crippen LogP contribution is 2.42. The second kappa shape index (κ2) is 12.3. The van der Waals surface area contributed by atoms with Crippen molar-refractivity contribution in [2.24, 2.45) is 5.92 Å². The molecule has 1 aromatic rings. The van der Waals surface area contributed by atoms with Crippen molar-refractivity contribution in [3.8, 4) is 11.5 Å². The van der Waals surface area contributed by atoms with Gasteiger partial charge in [0.05, 0.1) is 13.2 Å². The molecular formula is C24H40O2. The predicted molar refractivity (Wildman–Crippen MR) is 111 cm³/mol. The summed E-state index contributed by atoms with van der Waals surface area (Å²) in [5.74, 6) is 3.69. The minimum absolute atomic E-state index is 0.638. The standard InChI is InChI=1S/C24H40O2/c1-4-7-9-10-20-11-13-21(14-12-20)23-19-22(25-18-8-5-2)15-16-24(23)26-17-6-3/h15-16,19-21H,4-14,17-18H2,1-3H3. The van der Waals surface area contributed by atoms with Gasteiger partial charge in [-0.15, -0.1) is 0 Å². The summed E-state index contributed by atoms with van der Waals surface area (Å²) >= 11 is 0. The summed E-state index contributed by atoms with van der Waals surface area (Å²) in [5.41, 5.74) is 1.39. The lowest BCUT2D eigenvalue weighted by Gasteiger charge is -2.30. The van der Waals surface area contributed by atoms with Crippen LogP contribution in [0.25, 0.3) is 0 Å². The molecule has 1 aliphatic carbocycles. The SMILES string of the molecule is CCCCCC1CCC(c2cc(OCCCC)ccc2OCCC)CC1. The normalized spacial score (nSPS) is 20.1. The monoisotopic (exact) mass is 360 g/mol. The number of unbranched alkanes of at least 4 members (excludes halogenated alkanes) is 3. The quantitative estimate of drug-likeness (QED) is 0.359. The first-order chi connectivity index (χ1) is 12.8. The van der Waals surface area contributed by atoms with E-state index in [4.69, 9.17) is 9.47 Å². The van der Waals surface area contributed by atoms with Crippen LogP contribution >= 0.6 is 0 Å². The second-order valence-electron chi connectivity index (χ2n) is 7.96. The highest BCUT2D eigenvalue weighted by atomic mass is 16.5. The molecule has 0 bridgehead atoms. The zero-order valence-corrected chi connectivity index (χ0v) is 17.4. The van der Waals surface area contributed by atoms with E-state index >= 15 is 0 Å². The summed E-state index contributed by atoms with van der Waals surface area (Å²) < 4.78 is 12.0. The molecule has 0 radical (unpaired) electrons. The van der Waals surface area contributed by atoms with Crippen LogP contribution in [-0.2, 0) is 0 Å². The molecule has 2 nitrogen and oxygen atoms in total. The van der Waals surface area contributed by atoms with E-state index in [1.54, 1.807) is 0 Å². The van der Waals surface area contributed by atoms with Gasteiger partial charge in [0, 0.05) is 5.56 Å². The van der Waals surface area contributed by atoms with Gasteiger partial charge in [-0.2, -0.15) is 0 Å². The van der Waals surface area contributed by atoms with Gasteiger partial charge in [-0.25, -0.2) is 0 Å². The topological polar surface area (TPSA) is 18.5 Å². The summed E-state index contributed by atoms with van der Waals surface area (Å²) in [6.45, 7) is 8.29. The molecule has 1 aromatic carbocycles. The molecule has 0 saturated heterocycles. The molecule has 0 spiro atoms. The van der Waals surface area contributed by atoms with Crippen molar-refractivity contribution in [3.05, 3.63) is 23.8 Å². The zero-order chi connectivity index (χ0) is 18.6. The van der Waals surface area contributed by atoms with Gasteiger partial charge in [-0.05, 0) is 68.6 Å². The second-order valence-corrected chi connectivity index (χ2v) is 7.96. The average molecular weight is 361 g/mol. The summed E-state index contributed by atoms with van der Waals surface area (Å²) in [5, 5.41) is 0. The highest BCUT2D eigenvalue weighted by Gasteiger charge is 2.25. The molecule has 2 rings (SSSR count). The molecule has 0 aliphatic heterocycles. The first kappa shape index (κ1) is 21.1. The number of rotatable bonds is 12. The number of hydrogen-bond donors (Lipinski definition) is 0. The van der Waals surface area contributed by atoms with Crippen molar-refractivity contribution in [2.75, 3.05) is 13.2 Å². The fraction of sp³-hybridized carbons (Fsp3) is 0.750. The lowest BCUT2D eigenvalue weighted by atomic mass is 9.76. The Morgan fingerprint density at radius 3 is 2.27 bits per heavy atom. The van der Waals surface area contributed by atoms with Gasteiger partial charge in [-0.3, -0.25) is 0 Å². The summed E-state index contributed by atoms with van der Waals surface area (Å²) in [7, 11) is 0. The van der Waals surface area contributed by atoms with E-state index in [-0.39, 0.29) is 0 Å². The highest BCUT2D eigenvalue weighted by molar-refractivity contribution is 5.42. The van der Waals surface area contributed by atoms with Gasteiger partial charge in [0.1, 0.15) is 11.5 Å². The van der Waals surface area contributed by atoms with Gasteiger partial charge in [0.2, 0.25) is 0 Å². The molecule has 0 N–H and O–H groups in total. The fourth-order valence-electron chi connectivity index (χ4n) is 4.06. The van der Waals surface area contributed by atoms with E-state index in [1.807, 2.05) is 0 Å². The van der Waals surface area contributed by atoms with Crippen LogP contribution in [0.2, 0.25) is 0 Å². The van der Waals surface area contributed by atoms with Gasteiger partial charge < -0.3 is 9.47 Å². The van der Waals surface area contributed by atoms with E-state index in [2.05, 4.69) is 39.0 Å². The maximum absolute atomic E-state index is 6.07.